The highest BCUT2D eigenvalue weighted by Crippen LogP contribution is 2.32. The van der Waals surface area contributed by atoms with E-state index in [1.165, 1.54) is 0 Å². The average Bonchev–Trinajstić information content (AvgIpc) is 2.49. The molecular formula is C15H23ClN2O4. The van der Waals surface area contributed by atoms with Crippen molar-refractivity contribution in [2.24, 2.45) is 0 Å². The summed E-state index contributed by atoms with van der Waals surface area (Å²) in [5.41, 5.74) is 1.66. The molecule has 1 atom stereocenters. The van der Waals surface area contributed by atoms with Crippen molar-refractivity contribution in [3.8, 4) is 11.5 Å². The van der Waals surface area contributed by atoms with Gasteiger partial charge < -0.3 is 24.8 Å². The first-order chi connectivity index (χ1) is 10.1. The second kappa shape index (κ2) is 8.82. The molecule has 1 saturated heterocycles. The first-order valence-electron chi connectivity index (χ1n) is 6.97. The van der Waals surface area contributed by atoms with E-state index in [9.17, 15) is 4.79 Å². The highest BCUT2D eigenvalue weighted by atomic mass is 35.5. The number of methoxy groups -OCH3 is 2. The van der Waals surface area contributed by atoms with Crippen LogP contribution in [0.2, 0.25) is 0 Å². The number of anilines is 1. The standard InChI is InChI=1S/C15H22N2O4.ClH/c1-10-6-13(19-2)14(20-3)8-12(10)17-15(18)7-11-9-21-5-4-16-11;/h6,8,11,16H,4-5,7,9H2,1-3H3,(H,17,18);1H. The predicted octanol–water partition coefficient (Wildman–Crippen LogP) is 1.75. The average molecular weight is 331 g/mol. The number of morpholine rings is 1. The third-order valence-electron chi connectivity index (χ3n) is 3.43. The van der Waals surface area contributed by atoms with Gasteiger partial charge in [-0.15, -0.1) is 12.4 Å². The van der Waals surface area contributed by atoms with Crippen LogP contribution in [0.4, 0.5) is 5.69 Å². The topological polar surface area (TPSA) is 68.8 Å². The zero-order valence-electron chi connectivity index (χ0n) is 13.1. The summed E-state index contributed by atoms with van der Waals surface area (Å²) < 4.78 is 15.8. The molecule has 1 fully saturated rings. The molecule has 1 aliphatic heterocycles. The van der Waals surface area contributed by atoms with Crippen molar-refractivity contribution >= 4 is 24.0 Å². The first-order valence-corrected chi connectivity index (χ1v) is 6.97. The minimum atomic E-state index is -0.0479. The number of hydrogen-bond donors (Lipinski definition) is 2. The van der Waals surface area contributed by atoms with Crippen molar-refractivity contribution in [1.29, 1.82) is 0 Å². The van der Waals surface area contributed by atoms with Gasteiger partial charge >= 0.3 is 0 Å². The number of amides is 1. The van der Waals surface area contributed by atoms with Gasteiger partial charge in [0.1, 0.15) is 0 Å². The number of benzene rings is 1. The molecule has 124 valence electrons. The highest BCUT2D eigenvalue weighted by Gasteiger charge is 2.18. The van der Waals surface area contributed by atoms with E-state index >= 15 is 0 Å². The van der Waals surface area contributed by atoms with Crippen molar-refractivity contribution in [3.05, 3.63) is 17.7 Å². The van der Waals surface area contributed by atoms with Crippen molar-refractivity contribution in [1.82, 2.24) is 5.32 Å². The van der Waals surface area contributed by atoms with Crippen LogP contribution >= 0.6 is 12.4 Å². The van der Waals surface area contributed by atoms with E-state index in [4.69, 9.17) is 14.2 Å². The van der Waals surface area contributed by atoms with Crippen molar-refractivity contribution in [2.45, 2.75) is 19.4 Å². The molecule has 1 unspecified atom stereocenters. The maximum absolute atomic E-state index is 12.1. The van der Waals surface area contributed by atoms with Crippen LogP contribution in [-0.2, 0) is 9.53 Å². The van der Waals surface area contributed by atoms with Crippen LogP contribution in [0.15, 0.2) is 12.1 Å². The molecule has 2 N–H and O–H groups in total. The summed E-state index contributed by atoms with van der Waals surface area (Å²) >= 11 is 0. The third kappa shape index (κ3) is 4.76. The molecule has 2 rings (SSSR count). The Morgan fingerprint density at radius 3 is 2.64 bits per heavy atom. The summed E-state index contributed by atoms with van der Waals surface area (Å²) in [6.07, 6.45) is 0.383. The second-order valence-corrected chi connectivity index (χ2v) is 5.00. The summed E-state index contributed by atoms with van der Waals surface area (Å²) in [6.45, 7) is 3.97. The van der Waals surface area contributed by atoms with E-state index < -0.39 is 0 Å². The number of halogens is 1. The lowest BCUT2D eigenvalue weighted by Crippen LogP contribution is -2.43. The van der Waals surface area contributed by atoms with Crippen LogP contribution in [0, 0.1) is 6.92 Å². The largest absolute Gasteiger partial charge is 0.493 e. The molecule has 1 heterocycles. The maximum atomic E-state index is 12.1. The van der Waals surface area contributed by atoms with Gasteiger partial charge in [0.25, 0.3) is 0 Å². The summed E-state index contributed by atoms with van der Waals surface area (Å²) in [5, 5.41) is 6.17. The molecule has 22 heavy (non-hydrogen) atoms. The minimum Gasteiger partial charge on any atom is -0.493 e. The molecule has 1 amide bonds. The van der Waals surface area contributed by atoms with Crippen LogP contribution in [0.1, 0.15) is 12.0 Å². The predicted molar refractivity (Wildman–Crippen MR) is 87.4 cm³/mol. The van der Waals surface area contributed by atoms with Gasteiger partial charge in [0.2, 0.25) is 5.91 Å². The fraction of sp³-hybridized carbons (Fsp3) is 0.533. The number of aryl methyl sites for hydroxylation is 1. The Bertz CT molecular complexity index is 505. The SMILES string of the molecule is COc1cc(C)c(NC(=O)CC2COCCN2)cc1OC.Cl. The molecule has 7 heteroatoms. The third-order valence-corrected chi connectivity index (χ3v) is 3.43. The van der Waals surface area contributed by atoms with Crippen LogP contribution in [0.3, 0.4) is 0 Å². The van der Waals surface area contributed by atoms with Gasteiger partial charge in [-0.3, -0.25) is 4.79 Å². The number of ether oxygens (including phenoxy) is 3. The van der Waals surface area contributed by atoms with Crippen LogP contribution in [-0.4, -0.2) is 45.9 Å². The smallest absolute Gasteiger partial charge is 0.226 e. The Kier molecular flexibility index (Phi) is 7.44. The number of rotatable bonds is 5. The zero-order chi connectivity index (χ0) is 15.2. The molecular weight excluding hydrogens is 308 g/mol. The lowest BCUT2D eigenvalue weighted by molar-refractivity contribution is -0.117. The quantitative estimate of drug-likeness (QED) is 0.861. The molecule has 0 spiro atoms. The van der Waals surface area contributed by atoms with Gasteiger partial charge in [0.15, 0.2) is 11.5 Å². The van der Waals surface area contributed by atoms with Crippen molar-refractivity contribution in [3.63, 3.8) is 0 Å². The molecule has 1 aromatic rings. The first kappa shape index (κ1) is 18.5. The molecule has 0 aliphatic carbocycles. The van der Waals surface area contributed by atoms with Gasteiger partial charge in [0.05, 0.1) is 27.4 Å². The van der Waals surface area contributed by atoms with Crippen molar-refractivity contribution < 1.29 is 19.0 Å². The second-order valence-electron chi connectivity index (χ2n) is 5.00. The zero-order valence-corrected chi connectivity index (χ0v) is 13.9. The number of hydrogen-bond acceptors (Lipinski definition) is 5. The number of carbonyl (C=O) groups is 1. The van der Waals surface area contributed by atoms with E-state index in [1.54, 1.807) is 20.3 Å². The lowest BCUT2D eigenvalue weighted by atomic mass is 10.1. The van der Waals surface area contributed by atoms with E-state index in [1.807, 2.05) is 13.0 Å². The fourth-order valence-corrected chi connectivity index (χ4v) is 2.29. The molecule has 0 saturated carbocycles. The van der Waals surface area contributed by atoms with E-state index in [-0.39, 0.29) is 24.4 Å². The summed E-state index contributed by atoms with van der Waals surface area (Å²) in [7, 11) is 3.16. The van der Waals surface area contributed by atoms with Crippen LogP contribution in [0.5, 0.6) is 11.5 Å². The minimum absolute atomic E-state index is 0. The summed E-state index contributed by atoms with van der Waals surface area (Å²) in [6, 6.07) is 3.69. The Morgan fingerprint density at radius 1 is 1.36 bits per heavy atom. The Morgan fingerprint density at radius 2 is 2.05 bits per heavy atom. The molecule has 6 nitrogen and oxygen atoms in total. The van der Waals surface area contributed by atoms with Gasteiger partial charge in [0, 0.05) is 30.8 Å². The van der Waals surface area contributed by atoms with Gasteiger partial charge in [-0.2, -0.15) is 0 Å². The van der Waals surface area contributed by atoms with Crippen LogP contribution < -0.4 is 20.1 Å². The summed E-state index contributed by atoms with van der Waals surface area (Å²) in [5.74, 6) is 1.20. The molecule has 0 aromatic heterocycles. The highest BCUT2D eigenvalue weighted by molar-refractivity contribution is 5.92. The summed E-state index contributed by atoms with van der Waals surface area (Å²) in [4.78, 5) is 12.1. The van der Waals surface area contributed by atoms with Crippen LogP contribution in [0.25, 0.3) is 0 Å². The lowest BCUT2D eigenvalue weighted by Gasteiger charge is -2.23. The molecule has 0 bridgehead atoms. The number of nitrogens with one attached hydrogen (secondary N) is 2. The number of carbonyl (C=O) groups excluding carboxylic acids is 1. The Balaban J connectivity index is 0.00000242. The fourth-order valence-electron chi connectivity index (χ4n) is 2.29. The van der Waals surface area contributed by atoms with E-state index in [2.05, 4.69) is 10.6 Å². The monoisotopic (exact) mass is 330 g/mol. The van der Waals surface area contributed by atoms with Crippen molar-refractivity contribution in [2.75, 3.05) is 39.3 Å². The van der Waals surface area contributed by atoms with E-state index in [0.29, 0.717) is 31.1 Å². The van der Waals surface area contributed by atoms with Gasteiger partial charge in [-0.05, 0) is 18.6 Å². The van der Waals surface area contributed by atoms with Gasteiger partial charge in [-0.25, -0.2) is 0 Å². The normalized spacial score (nSPS) is 17.3. The Labute approximate surface area is 136 Å². The van der Waals surface area contributed by atoms with E-state index in [0.717, 1.165) is 17.8 Å². The molecule has 0 radical (unpaired) electrons. The van der Waals surface area contributed by atoms with Gasteiger partial charge in [-0.1, -0.05) is 0 Å². The molecule has 1 aliphatic rings. The maximum Gasteiger partial charge on any atom is 0.226 e. The molecule has 1 aromatic carbocycles. The Hall–Kier alpha value is -1.50.